The molecule has 0 unspecified atom stereocenters. The van der Waals surface area contributed by atoms with E-state index in [4.69, 9.17) is 5.11 Å². The van der Waals surface area contributed by atoms with E-state index < -0.39 is 5.97 Å². The number of carboxylic acid groups (broad SMARTS) is 1. The summed E-state index contributed by atoms with van der Waals surface area (Å²) in [4.78, 5) is 25.3. The molecule has 1 aromatic carbocycles. The highest BCUT2D eigenvalue weighted by Gasteiger charge is 2.24. The number of nitrogens with zero attached hydrogens (tertiary/aromatic N) is 3. The topological polar surface area (TPSA) is 75.4 Å². The summed E-state index contributed by atoms with van der Waals surface area (Å²) in [5.74, 6) is -1.02. The van der Waals surface area contributed by atoms with E-state index in [1.165, 1.54) is 4.68 Å². The van der Waals surface area contributed by atoms with Crippen LogP contribution in [0.1, 0.15) is 18.4 Å². The van der Waals surface area contributed by atoms with Crippen molar-refractivity contribution in [3.8, 4) is 0 Å². The molecule has 120 valence electrons. The van der Waals surface area contributed by atoms with E-state index in [0.29, 0.717) is 32.5 Å². The van der Waals surface area contributed by atoms with E-state index in [1.54, 1.807) is 12.3 Å². The molecule has 1 aromatic heterocycles. The second-order valence-electron chi connectivity index (χ2n) is 5.79. The van der Waals surface area contributed by atoms with Crippen molar-refractivity contribution >= 4 is 11.7 Å². The van der Waals surface area contributed by atoms with Crippen LogP contribution >= 0.6 is 0 Å². The maximum atomic E-state index is 12.2. The largest absolute Gasteiger partial charge is 0.481 e. The van der Waals surface area contributed by atoms with Crippen molar-refractivity contribution in [2.45, 2.75) is 19.4 Å². The lowest BCUT2D eigenvalue weighted by atomic mass is 9.97. The Bertz CT molecular complexity index is 734. The number of aliphatic carboxylic acids is 1. The normalized spacial score (nSPS) is 15.6. The first-order valence-corrected chi connectivity index (χ1v) is 7.72. The first-order valence-electron chi connectivity index (χ1n) is 7.72. The van der Waals surface area contributed by atoms with Crippen molar-refractivity contribution in [1.82, 2.24) is 9.78 Å². The third-order valence-corrected chi connectivity index (χ3v) is 4.24. The van der Waals surface area contributed by atoms with Crippen LogP contribution in [0.2, 0.25) is 0 Å². The lowest BCUT2D eigenvalue weighted by Crippen LogP contribution is -2.37. The van der Waals surface area contributed by atoms with Crippen molar-refractivity contribution in [3.63, 3.8) is 0 Å². The van der Waals surface area contributed by atoms with Gasteiger partial charge in [-0.25, -0.2) is 4.68 Å². The predicted molar refractivity (Wildman–Crippen MR) is 86.6 cm³/mol. The van der Waals surface area contributed by atoms with Gasteiger partial charge in [0.05, 0.1) is 24.3 Å². The maximum Gasteiger partial charge on any atom is 0.306 e. The summed E-state index contributed by atoms with van der Waals surface area (Å²) in [5.41, 5.74) is 1.65. The third kappa shape index (κ3) is 3.59. The molecule has 6 heteroatoms. The van der Waals surface area contributed by atoms with Gasteiger partial charge in [0, 0.05) is 19.2 Å². The number of anilines is 1. The quantitative estimate of drug-likeness (QED) is 0.928. The van der Waals surface area contributed by atoms with Gasteiger partial charge in [0.2, 0.25) is 0 Å². The molecular formula is C17H19N3O3. The Labute approximate surface area is 134 Å². The highest BCUT2D eigenvalue weighted by molar-refractivity contribution is 5.70. The highest BCUT2D eigenvalue weighted by atomic mass is 16.4. The molecule has 0 radical (unpaired) electrons. The zero-order chi connectivity index (χ0) is 16.2. The monoisotopic (exact) mass is 313 g/mol. The molecule has 2 heterocycles. The Hall–Kier alpha value is -2.63. The van der Waals surface area contributed by atoms with Crippen LogP contribution in [0.25, 0.3) is 0 Å². The summed E-state index contributed by atoms with van der Waals surface area (Å²) in [5, 5.41) is 13.3. The lowest BCUT2D eigenvalue weighted by Gasteiger charge is -2.31. The van der Waals surface area contributed by atoms with Crippen LogP contribution in [-0.4, -0.2) is 33.9 Å². The van der Waals surface area contributed by atoms with Gasteiger partial charge in [0.15, 0.2) is 0 Å². The molecule has 1 aliphatic rings. The van der Waals surface area contributed by atoms with Crippen molar-refractivity contribution in [2.75, 3.05) is 18.0 Å². The third-order valence-electron chi connectivity index (χ3n) is 4.24. The van der Waals surface area contributed by atoms with Crippen molar-refractivity contribution in [3.05, 3.63) is 58.5 Å². The van der Waals surface area contributed by atoms with Gasteiger partial charge >= 0.3 is 5.97 Å². The average Bonchev–Trinajstić information content (AvgIpc) is 2.58. The molecule has 0 aliphatic carbocycles. The van der Waals surface area contributed by atoms with Gasteiger partial charge in [-0.1, -0.05) is 30.3 Å². The van der Waals surface area contributed by atoms with Crippen LogP contribution < -0.4 is 10.5 Å². The summed E-state index contributed by atoms with van der Waals surface area (Å²) in [6.45, 7) is 1.72. The molecule has 1 saturated heterocycles. The summed E-state index contributed by atoms with van der Waals surface area (Å²) >= 11 is 0. The molecule has 0 saturated carbocycles. The molecule has 0 atom stereocenters. The van der Waals surface area contributed by atoms with E-state index in [1.807, 2.05) is 35.2 Å². The lowest BCUT2D eigenvalue weighted by molar-refractivity contribution is -0.142. The fraction of sp³-hybridized carbons (Fsp3) is 0.353. The average molecular weight is 313 g/mol. The number of piperidine rings is 1. The Balaban J connectivity index is 1.70. The SMILES string of the molecule is O=C(O)C1CCN(c2cnn(Cc3ccccc3)c(=O)c2)CC1. The number of benzene rings is 1. The smallest absolute Gasteiger partial charge is 0.306 e. The summed E-state index contributed by atoms with van der Waals surface area (Å²) in [7, 11) is 0. The maximum absolute atomic E-state index is 12.2. The van der Waals surface area contributed by atoms with Crippen molar-refractivity contribution in [2.24, 2.45) is 5.92 Å². The molecule has 23 heavy (non-hydrogen) atoms. The Kier molecular flexibility index (Phi) is 4.41. The fourth-order valence-corrected chi connectivity index (χ4v) is 2.86. The standard InChI is InChI=1S/C17H19N3O3/c21-16-10-15(19-8-6-14(7-9-19)17(22)23)11-18-20(16)12-13-4-2-1-3-5-13/h1-5,10-11,14H,6-9,12H2,(H,22,23). The van der Waals surface area contributed by atoms with Gasteiger partial charge in [-0.2, -0.15) is 5.10 Å². The zero-order valence-electron chi connectivity index (χ0n) is 12.8. The van der Waals surface area contributed by atoms with Gasteiger partial charge in [-0.15, -0.1) is 0 Å². The predicted octanol–water partition coefficient (Wildman–Crippen LogP) is 1.59. The minimum atomic E-state index is -0.735. The Morgan fingerprint density at radius 3 is 2.52 bits per heavy atom. The summed E-state index contributed by atoms with van der Waals surface area (Å²) in [6, 6.07) is 11.3. The molecular weight excluding hydrogens is 294 g/mol. The van der Waals surface area contributed by atoms with Gasteiger partial charge in [-0.3, -0.25) is 9.59 Å². The van der Waals surface area contributed by atoms with Crippen LogP contribution in [-0.2, 0) is 11.3 Å². The Morgan fingerprint density at radius 1 is 1.22 bits per heavy atom. The molecule has 1 N–H and O–H groups in total. The molecule has 2 aromatic rings. The van der Waals surface area contributed by atoms with E-state index in [2.05, 4.69) is 5.10 Å². The zero-order valence-corrected chi connectivity index (χ0v) is 12.8. The molecule has 0 spiro atoms. The molecule has 0 bridgehead atoms. The van der Waals surface area contributed by atoms with E-state index in [0.717, 1.165) is 11.3 Å². The molecule has 6 nitrogen and oxygen atoms in total. The van der Waals surface area contributed by atoms with Gasteiger partial charge in [0.1, 0.15) is 0 Å². The second kappa shape index (κ2) is 6.64. The summed E-state index contributed by atoms with van der Waals surface area (Å²) < 4.78 is 1.43. The van der Waals surface area contributed by atoms with E-state index in [-0.39, 0.29) is 11.5 Å². The van der Waals surface area contributed by atoms with E-state index in [9.17, 15) is 9.59 Å². The summed E-state index contributed by atoms with van der Waals surface area (Å²) in [6.07, 6.45) is 2.89. The van der Waals surface area contributed by atoms with Crippen LogP contribution in [0, 0.1) is 5.92 Å². The number of rotatable bonds is 4. The first kappa shape index (κ1) is 15.3. The fourth-order valence-electron chi connectivity index (χ4n) is 2.86. The van der Waals surface area contributed by atoms with Crippen molar-refractivity contribution in [1.29, 1.82) is 0 Å². The molecule has 1 aliphatic heterocycles. The van der Waals surface area contributed by atoms with E-state index >= 15 is 0 Å². The number of carbonyl (C=O) groups is 1. The second-order valence-corrected chi connectivity index (χ2v) is 5.79. The van der Waals surface area contributed by atoms with Gasteiger partial charge in [-0.05, 0) is 18.4 Å². The molecule has 1 fully saturated rings. The van der Waals surface area contributed by atoms with Crippen LogP contribution in [0.5, 0.6) is 0 Å². The van der Waals surface area contributed by atoms with Crippen LogP contribution in [0.15, 0.2) is 47.4 Å². The molecule has 0 amide bonds. The number of carboxylic acids is 1. The number of hydrogen-bond donors (Lipinski definition) is 1. The Morgan fingerprint density at radius 2 is 1.91 bits per heavy atom. The molecule has 3 rings (SSSR count). The van der Waals surface area contributed by atoms with Gasteiger partial charge in [0.25, 0.3) is 5.56 Å². The number of aromatic nitrogens is 2. The number of hydrogen-bond acceptors (Lipinski definition) is 4. The van der Waals surface area contributed by atoms with Crippen LogP contribution in [0.4, 0.5) is 5.69 Å². The minimum absolute atomic E-state index is 0.147. The van der Waals surface area contributed by atoms with Crippen LogP contribution in [0.3, 0.4) is 0 Å². The van der Waals surface area contributed by atoms with Crippen molar-refractivity contribution < 1.29 is 9.90 Å². The van der Waals surface area contributed by atoms with Gasteiger partial charge < -0.3 is 10.0 Å². The highest BCUT2D eigenvalue weighted by Crippen LogP contribution is 2.21. The minimum Gasteiger partial charge on any atom is -0.481 e. The first-order chi connectivity index (χ1) is 11.1.